The molecule has 0 amide bonds. The molecule has 0 saturated heterocycles. The lowest BCUT2D eigenvalue weighted by Gasteiger charge is -2.21. The second-order valence-corrected chi connectivity index (χ2v) is 5.19. The van der Waals surface area contributed by atoms with Crippen molar-refractivity contribution in [1.29, 1.82) is 0 Å². The fourth-order valence-electron chi connectivity index (χ4n) is 2.03. The van der Waals surface area contributed by atoms with Crippen LogP contribution in [0.3, 0.4) is 0 Å². The van der Waals surface area contributed by atoms with Gasteiger partial charge in [-0.2, -0.15) is 0 Å². The third kappa shape index (κ3) is 10.8. The Kier molecular flexibility index (Phi) is 13.6. The minimum absolute atomic E-state index is 1.19. The lowest BCUT2D eigenvalue weighted by atomic mass is 10.1. The first kappa shape index (κ1) is 18.9. The Balaban J connectivity index is 0.00000110. The summed E-state index contributed by atoms with van der Waals surface area (Å²) in [6.07, 6.45) is 8.20. The Morgan fingerprint density at radius 3 is 1.90 bits per heavy atom. The molecule has 1 rings (SSSR count). The molecule has 1 nitrogen and oxygen atoms in total. The van der Waals surface area contributed by atoms with Crippen LogP contribution in [0.5, 0.6) is 0 Å². The zero-order valence-corrected chi connectivity index (χ0v) is 13.8. The van der Waals surface area contributed by atoms with Gasteiger partial charge in [0.1, 0.15) is 0 Å². The molecule has 0 aliphatic rings. The summed E-state index contributed by atoms with van der Waals surface area (Å²) in [5.41, 5.74) is 1.46. The molecule has 0 N–H and O–H groups in total. The van der Waals surface area contributed by atoms with Gasteiger partial charge < -0.3 is 4.90 Å². The van der Waals surface area contributed by atoms with E-state index in [1.807, 2.05) is 6.92 Å². The van der Waals surface area contributed by atoms with Gasteiger partial charge in [0.05, 0.1) is 0 Å². The van der Waals surface area contributed by atoms with Crippen molar-refractivity contribution in [3.8, 4) is 0 Å². The smallest absolute Gasteiger partial charge is 0.00218 e. The first-order chi connectivity index (χ1) is 9.78. The molecule has 20 heavy (non-hydrogen) atoms. The van der Waals surface area contributed by atoms with E-state index in [0.29, 0.717) is 0 Å². The van der Waals surface area contributed by atoms with Crippen LogP contribution in [0.1, 0.15) is 52.0 Å². The third-order valence-corrected chi connectivity index (χ3v) is 3.22. The molecule has 0 radical (unpaired) electrons. The molecule has 1 aromatic rings. The fraction of sp³-hybridized carbons (Fsp3) is 0.579. The van der Waals surface area contributed by atoms with Crippen LogP contribution in [0, 0.1) is 0 Å². The number of unbranched alkanes of at least 4 members (excludes halogenated alkanes) is 2. The van der Waals surface area contributed by atoms with Crippen molar-refractivity contribution in [1.82, 2.24) is 4.90 Å². The van der Waals surface area contributed by atoms with Crippen LogP contribution >= 0.6 is 0 Å². The number of rotatable bonds is 9. The maximum atomic E-state index is 3.36. The molecule has 0 saturated carbocycles. The van der Waals surface area contributed by atoms with E-state index >= 15 is 0 Å². The van der Waals surface area contributed by atoms with Gasteiger partial charge in [-0.3, -0.25) is 0 Å². The van der Waals surface area contributed by atoms with Gasteiger partial charge in [0.15, 0.2) is 0 Å². The molecular formula is C19H33N. The summed E-state index contributed by atoms with van der Waals surface area (Å²) in [7, 11) is 0. The molecule has 1 heteroatoms. The summed E-state index contributed by atoms with van der Waals surface area (Å²) in [4.78, 5) is 2.62. The number of hydrogen-bond donors (Lipinski definition) is 0. The van der Waals surface area contributed by atoms with Crippen molar-refractivity contribution in [2.45, 2.75) is 52.9 Å². The van der Waals surface area contributed by atoms with Gasteiger partial charge in [-0.25, -0.2) is 0 Å². The Hall–Kier alpha value is -1.08. The quantitative estimate of drug-likeness (QED) is 0.551. The van der Waals surface area contributed by atoms with Crippen LogP contribution < -0.4 is 0 Å². The van der Waals surface area contributed by atoms with Crippen molar-refractivity contribution in [3.63, 3.8) is 0 Å². The number of nitrogens with zero attached hydrogens (tertiary/aromatic N) is 1. The average molecular weight is 275 g/mol. The highest BCUT2D eigenvalue weighted by Crippen LogP contribution is 2.04. The zero-order chi connectivity index (χ0) is 15.1. The van der Waals surface area contributed by atoms with Crippen LogP contribution in [0.25, 0.3) is 0 Å². The molecule has 0 bridgehead atoms. The van der Waals surface area contributed by atoms with E-state index in [2.05, 4.69) is 55.7 Å². The molecule has 0 unspecified atom stereocenters. The van der Waals surface area contributed by atoms with E-state index in [9.17, 15) is 0 Å². The van der Waals surface area contributed by atoms with Crippen molar-refractivity contribution in [2.24, 2.45) is 0 Å². The van der Waals surface area contributed by atoms with Gasteiger partial charge in [0.25, 0.3) is 0 Å². The van der Waals surface area contributed by atoms with Crippen molar-refractivity contribution < 1.29 is 0 Å². The van der Waals surface area contributed by atoms with E-state index in [4.69, 9.17) is 0 Å². The maximum Gasteiger partial charge on any atom is 0.00218 e. The monoisotopic (exact) mass is 275 g/mol. The Bertz CT molecular complexity index is 297. The number of hydrogen-bond acceptors (Lipinski definition) is 1. The summed E-state index contributed by atoms with van der Waals surface area (Å²) in [5.74, 6) is 0. The standard InChI is InChI=1S/C16H27N.C3H6/c1-3-5-13-17(14-6-4-2)15-12-16-10-8-7-9-11-16;1-3-2/h7-11H,3-6,12-15H2,1-2H3;3H,1H2,2H3. The Labute approximate surface area is 126 Å². The third-order valence-electron chi connectivity index (χ3n) is 3.22. The molecule has 0 spiro atoms. The van der Waals surface area contributed by atoms with Gasteiger partial charge in [-0.15, -0.1) is 6.58 Å². The van der Waals surface area contributed by atoms with Gasteiger partial charge in [0, 0.05) is 6.54 Å². The van der Waals surface area contributed by atoms with E-state index < -0.39 is 0 Å². The summed E-state index contributed by atoms with van der Waals surface area (Å²) < 4.78 is 0. The second-order valence-electron chi connectivity index (χ2n) is 5.19. The van der Waals surface area contributed by atoms with Crippen molar-refractivity contribution >= 4 is 0 Å². The SMILES string of the molecule is C=CC.CCCCN(CCCC)CCc1ccccc1. The van der Waals surface area contributed by atoms with Crippen molar-refractivity contribution in [3.05, 3.63) is 48.6 Å². The van der Waals surface area contributed by atoms with Crippen LogP contribution in [0.2, 0.25) is 0 Å². The summed E-state index contributed by atoms with van der Waals surface area (Å²) in [6.45, 7) is 13.5. The normalized spacial score (nSPS) is 10.0. The molecular weight excluding hydrogens is 242 g/mol. The lowest BCUT2D eigenvalue weighted by molar-refractivity contribution is 0.268. The van der Waals surface area contributed by atoms with Gasteiger partial charge in [-0.1, -0.05) is 63.1 Å². The first-order valence-electron chi connectivity index (χ1n) is 8.11. The molecule has 0 aliphatic heterocycles. The molecule has 0 fully saturated rings. The summed E-state index contributed by atoms with van der Waals surface area (Å²) in [5, 5.41) is 0. The highest BCUT2D eigenvalue weighted by Gasteiger charge is 2.03. The van der Waals surface area contributed by atoms with E-state index in [1.165, 1.54) is 57.3 Å². The van der Waals surface area contributed by atoms with E-state index in [-0.39, 0.29) is 0 Å². The second kappa shape index (κ2) is 14.3. The highest BCUT2D eigenvalue weighted by atomic mass is 15.1. The first-order valence-corrected chi connectivity index (χ1v) is 8.11. The van der Waals surface area contributed by atoms with Crippen LogP contribution in [-0.2, 0) is 6.42 Å². The van der Waals surface area contributed by atoms with Crippen LogP contribution in [0.4, 0.5) is 0 Å². The highest BCUT2D eigenvalue weighted by molar-refractivity contribution is 5.14. The predicted octanol–water partition coefficient (Wildman–Crippen LogP) is 5.32. The molecule has 0 heterocycles. The maximum absolute atomic E-state index is 3.36. The minimum atomic E-state index is 1.19. The zero-order valence-electron chi connectivity index (χ0n) is 13.8. The minimum Gasteiger partial charge on any atom is -0.303 e. The number of allylic oxidation sites excluding steroid dienone is 1. The van der Waals surface area contributed by atoms with Gasteiger partial charge in [0.2, 0.25) is 0 Å². The van der Waals surface area contributed by atoms with Crippen molar-refractivity contribution in [2.75, 3.05) is 19.6 Å². The van der Waals surface area contributed by atoms with E-state index in [0.717, 1.165) is 0 Å². The molecule has 0 aliphatic carbocycles. The largest absolute Gasteiger partial charge is 0.303 e. The van der Waals surface area contributed by atoms with Gasteiger partial charge in [-0.05, 0) is 44.8 Å². The molecule has 1 aromatic carbocycles. The summed E-state index contributed by atoms with van der Waals surface area (Å²) in [6, 6.07) is 10.8. The molecule has 0 aromatic heterocycles. The predicted molar refractivity (Wildman–Crippen MR) is 92.3 cm³/mol. The van der Waals surface area contributed by atoms with Crippen LogP contribution in [0.15, 0.2) is 43.0 Å². The topological polar surface area (TPSA) is 3.24 Å². The Morgan fingerprint density at radius 1 is 0.950 bits per heavy atom. The lowest BCUT2D eigenvalue weighted by Crippen LogP contribution is -2.28. The number of benzene rings is 1. The van der Waals surface area contributed by atoms with E-state index in [1.54, 1.807) is 6.08 Å². The molecule has 0 atom stereocenters. The van der Waals surface area contributed by atoms with Crippen LogP contribution in [-0.4, -0.2) is 24.5 Å². The fourth-order valence-corrected chi connectivity index (χ4v) is 2.03. The average Bonchev–Trinajstić information content (AvgIpc) is 2.48. The molecule has 114 valence electrons. The summed E-state index contributed by atoms with van der Waals surface area (Å²) >= 11 is 0. The Morgan fingerprint density at radius 2 is 1.45 bits per heavy atom. The van der Waals surface area contributed by atoms with Gasteiger partial charge >= 0.3 is 0 Å².